The Balaban J connectivity index is 2.00. The Morgan fingerprint density at radius 3 is 2.22 bits per heavy atom. The van der Waals surface area contributed by atoms with Crippen molar-refractivity contribution in [2.45, 2.75) is 63.1 Å². The quantitative estimate of drug-likeness (QED) is 0.869. The van der Waals surface area contributed by atoms with Crippen LogP contribution in [0.5, 0.6) is 0 Å². The number of rotatable bonds is 5. The molecule has 6 heteroatoms. The molecule has 3 atom stereocenters. The fraction of sp³-hybridized carbons (Fsp3) is 0.647. The van der Waals surface area contributed by atoms with Gasteiger partial charge in [-0.2, -0.15) is 13.2 Å². The minimum atomic E-state index is -4.72. The Morgan fingerprint density at radius 2 is 1.70 bits per heavy atom. The third-order valence-electron chi connectivity index (χ3n) is 4.34. The molecule has 0 spiro atoms. The average Bonchev–Trinajstić information content (AvgIpc) is 2.46. The maximum absolute atomic E-state index is 13.4. The number of halogens is 3. The van der Waals surface area contributed by atoms with Gasteiger partial charge < -0.3 is 15.2 Å². The molecule has 130 valence electrons. The van der Waals surface area contributed by atoms with E-state index in [1.807, 2.05) is 13.8 Å². The summed E-state index contributed by atoms with van der Waals surface area (Å²) in [5.74, 6) is 0. The molecule has 23 heavy (non-hydrogen) atoms. The van der Waals surface area contributed by atoms with E-state index in [1.165, 1.54) is 24.3 Å². The number of ether oxygens (including phenoxy) is 1. The molecule has 0 aliphatic carbocycles. The second-order valence-corrected chi connectivity index (χ2v) is 6.35. The van der Waals surface area contributed by atoms with E-state index in [0.717, 1.165) is 12.8 Å². The van der Waals surface area contributed by atoms with Crippen molar-refractivity contribution >= 4 is 0 Å². The molecule has 1 saturated heterocycles. The van der Waals surface area contributed by atoms with Gasteiger partial charge in [-0.05, 0) is 38.8 Å². The Morgan fingerprint density at radius 1 is 1.13 bits per heavy atom. The first-order valence-electron chi connectivity index (χ1n) is 7.96. The Kier molecular flexibility index (Phi) is 5.70. The summed E-state index contributed by atoms with van der Waals surface area (Å²) in [6.45, 7) is 4.01. The van der Waals surface area contributed by atoms with Crippen molar-refractivity contribution in [2.75, 3.05) is 6.54 Å². The second-order valence-electron chi connectivity index (χ2n) is 6.35. The molecular formula is C17H24F3NO2. The molecule has 0 bridgehead atoms. The van der Waals surface area contributed by atoms with Gasteiger partial charge in [-0.3, -0.25) is 0 Å². The predicted octanol–water partition coefficient (Wildman–Crippen LogP) is 3.37. The summed E-state index contributed by atoms with van der Waals surface area (Å²) in [6.07, 6.45) is -3.42. The van der Waals surface area contributed by atoms with E-state index >= 15 is 0 Å². The molecule has 2 rings (SSSR count). The number of aliphatic hydroxyl groups is 1. The van der Waals surface area contributed by atoms with E-state index in [1.54, 1.807) is 6.07 Å². The van der Waals surface area contributed by atoms with Crippen molar-refractivity contribution in [1.29, 1.82) is 0 Å². The lowest BCUT2D eigenvalue weighted by atomic mass is 9.89. The van der Waals surface area contributed by atoms with Gasteiger partial charge in [-0.1, -0.05) is 30.3 Å². The van der Waals surface area contributed by atoms with E-state index in [-0.39, 0.29) is 30.4 Å². The number of benzene rings is 1. The maximum atomic E-state index is 13.4. The lowest BCUT2D eigenvalue weighted by molar-refractivity contribution is -0.268. The third kappa shape index (κ3) is 4.46. The van der Waals surface area contributed by atoms with Crippen LogP contribution in [0.2, 0.25) is 0 Å². The Bertz CT molecular complexity index is 484. The van der Waals surface area contributed by atoms with Crippen LogP contribution in [0.3, 0.4) is 0 Å². The lowest BCUT2D eigenvalue weighted by Gasteiger charge is -2.35. The molecule has 1 aliphatic heterocycles. The van der Waals surface area contributed by atoms with Gasteiger partial charge in [0.2, 0.25) is 0 Å². The van der Waals surface area contributed by atoms with Crippen molar-refractivity contribution in [2.24, 2.45) is 0 Å². The van der Waals surface area contributed by atoms with Crippen LogP contribution in [0.25, 0.3) is 0 Å². The van der Waals surface area contributed by atoms with Gasteiger partial charge in [0, 0.05) is 12.5 Å². The fourth-order valence-corrected chi connectivity index (χ4v) is 3.19. The van der Waals surface area contributed by atoms with Crippen LogP contribution in [0.15, 0.2) is 30.3 Å². The number of nitrogens with one attached hydrogen (secondary N) is 1. The predicted molar refractivity (Wildman–Crippen MR) is 82.0 cm³/mol. The largest absolute Gasteiger partial charge is 0.421 e. The molecule has 1 aromatic rings. The average molecular weight is 331 g/mol. The summed E-state index contributed by atoms with van der Waals surface area (Å²) in [5, 5.41) is 13.4. The van der Waals surface area contributed by atoms with E-state index in [9.17, 15) is 18.3 Å². The first-order valence-corrected chi connectivity index (χ1v) is 7.96. The SMILES string of the molecule is CC1CC(NCCC(O)(c2ccccc2)C(F)(F)F)CC(C)O1. The first-order chi connectivity index (χ1) is 10.7. The summed E-state index contributed by atoms with van der Waals surface area (Å²) in [5.41, 5.74) is -2.95. The Hall–Kier alpha value is -1.11. The molecule has 1 fully saturated rings. The number of hydrogen-bond acceptors (Lipinski definition) is 3. The van der Waals surface area contributed by atoms with Crippen molar-refractivity contribution < 1.29 is 23.0 Å². The van der Waals surface area contributed by atoms with E-state index in [0.29, 0.717) is 0 Å². The molecule has 1 aromatic carbocycles. The van der Waals surface area contributed by atoms with E-state index < -0.39 is 18.2 Å². The zero-order valence-corrected chi connectivity index (χ0v) is 13.4. The standard InChI is InChI=1S/C17H24F3NO2/c1-12-10-15(11-13(2)23-12)21-9-8-16(22,17(18,19)20)14-6-4-3-5-7-14/h3-7,12-13,15,21-22H,8-11H2,1-2H3. The normalized spacial score (nSPS) is 28.3. The summed E-state index contributed by atoms with van der Waals surface area (Å²) < 4.78 is 45.8. The minimum Gasteiger partial charge on any atom is -0.376 e. The van der Waals surface area contributed by atoms with Crippen molar-refractivity contribution in [3.8, 4) is 0 Å². The zero-order chi connectivity index (χ0) is 17.1. The topological polar surface area (TPSA) is 41.5 Å². The highest BCUT2D eigenvalue weighted by Crippen LogP contribution is 2.41. The van der Waals surface area contributed by atoms with Gasteiger partial charge in [-0.25, -0.2) is 0 Å². The monoisotopic (exact) mass is 331 g/mol. The van der Waals surface area contributed by atoms with Crippen LogP contribution in [-0.4, -0.2) is 36.1 Å². The molecule has 1 aliphatic rings. The minimum absolute atomic E-state index is 0.0897. The van der Waals surface area contributed by atoms with Crippen molar-refractivity contribution in [3.63, 3.8) is 0 Å². The smallest absolute Gasteiger partial charge is 0.376 e. The van der Waals surface area contributed by atoms with Gasteiger partial charge >= 0.3 is 6.18 Å². The summed E-state index contributed by atoms with van der Waals surface area (Å²) in [4.78, 5) is 0. The molecule has 2 N–H and O–H groups in total. The number of alkyl halides is 3. The van der Waals surface area contributed by atoms with Gasteiger partial charge in [-0.15, -0.1) is 0 Å². The second kappa shape index (κ2) is 7.20. The van der Waals surface area contributed by atoms with Gasteiger partial charge in [0.25, 0.3) is 0 Å². The fourth-order valence-electron chi connectivity index (χ4n) is 3.19. The van der Waals surface area contributed by atoms with Crippen molar-refractivity contribution in [3.05, 3.63) is 35.9 Å². The molecular weight excluding hydrogens is 307 g/mol. The highest BCUT2D eigenvalue weighted by molar-refractivity contribution is 5.24. The van der Waals surface area contributed by atoms with Crippen LogP contribution in [0, 0.1) is 0 Å². The van der Waals surface area contributed by atoms with E-state index in [2.05, 4.69) is 5.32 Å². The third-order valence-corrected chi connectivity index (χ3v) is 4.34. The highest BCUT2D eigenvalue weighted by atomic mass is 19.4. The van der Waals surface area contributed by atoms with Crippen LogP contribution >= 0.6 is 0 Å². The molecule has 0 amide bonds. The molecule has 1 heterocycles. The molecule has 0 saturated carbocycles. The summed E-state index contributed by atoms with van der Waals surface area (Å²) in [7, 11) is 0. The van der Waals surface area contributed by atoms with E-state index in [4.69, 9.17) is 4.74 Å². The first kappa shape index (κ1) is 18.2. The van der Waals surface area contributed by atoms with Crippen LogP contribution < -0.4 is 5.32 Å². The summed E-state index contributed by atoms with van der Waals surface area (Å²) in [6, 6.07) is 7.37. The molecule has 0 radical (unpaired) electrons. The van der Waals surface area contributed by atoms with Crippen molar-refractivity contribution in [1.82, 2.24) is 5.32 Å². The maximum Gasteiger partial charge on any atom is 0.421 e. The van der Waals surface area contributed by atoms with Crippen LogP contribution in [0.4, 0.5) is 13.2 Å². The summed E-state index contributed by atoms with van der Waals surface area (Å²) >= 11 is 0. The zero-order valence-electron chi connectivity index (χ0n) is 13.4. The van der Waals surface area contributed by atoms with Gasteiger partial charge in [0.1, 0.15) is 0 Å². The van der Waals surface area contributed by atoms with Gasteiger partial charge in [0.15, 0.2) is 5.60 Å². The molecule has 0 aromatic heterocycles. The highest BCUT2D eigenvalue weighted by Gasteiger charge is 2.54. The van der Waals surface area contributed by atoms with Crippen LogP contribution in [0.1, 0.15) is 38.7 Å². The van der Waals surface area contributed by atoms with Gasteiger partial charge in [0.05, 0.1) is 12.2 Å². The lowest BCUT2D eigenvalue weighted by Crippen LogP contribution is -2.47. The van der Waals surface area contributed by atoms with Crippen LogP contribution in [-0.2, 0) is 10.3 Å². The number of hydrogen-bond donors (Lipinski definition) is 2. The molecule has 3 unspecified atom stereocenters. The Labute approximate surface area is 134 Å². The molecule has 3 nitrogen and oxygen atoms in total.